The highest BCUT2D eigenvalue weighted by Gasteiger charge is 2.60. The van der Waals surface area contributed by atoms with Crippen LogP contribution in [0.5, 0.6) is 5.75 Å². The number of ether oxygens (including phenoxy) is 1. The molecule has 4 saturated carbocycles. The first-order valence-electron chi connectivity index (χ1n) is 12.4. The smallest absolute Gasteiger partial charge is 0.221 e. The quantitative estimate of drug-likeness (QED) is 0.594. The molecule has 0 spiro atoms. The summed E-state index contributed by atoms with van der Waals surface area (Å²) in [5.74, 6) is 4.60. The molecule has 4 aliphatic carbocycles. The molecule has 0 heterocycles. The van der Waals surface area contributed by atoms with E-state index in [1.165, 1.54) is 64.2 Å². The van der Waals surface area contributed by atoms with Crippen LogP contribution in [0.15, 0.2) is 24.3 Å². The summed E-state index contributed by atoms with van der Waals surface area (Å²) in [5, 5.41) is 2.84. The predicted molar refractivity (Wildman–Crippen MR) is 122 cm³/mol. The molecule has 0 radical (unpaired) electrons. The Labute approximate surface area is 182 Å². The topological polar surface area (TPSA) is 38.3 Å². The van der Waals surface area contributed by atoms with Crippen LogP contribution >= 0.6 is 0 Å². The minimum absolute atomic E-state index is 0.0343. The van der Waals surface area contributed by atoms with Gasteiger partial charge in [0.2, 0.25) is 5.91 Å². The van der Waals surface area contributed by atoms with Crippen LogP contribution in [-0.2, 0) is 4.79 Å². The van der Waals surface area contributed by atoms with Crippen LogP contribution in [0.25, 0.3) is 0 Å². The van der Waals surface area contributed by atoms with Gasteiger partial charge in [0.15, 0.2) is 0 Å². The van der Waals surface area contributed by atoms with Gasteiger partial charge in [-0.15, -0.1) is 0 Å². The molecule has 30 heavy (non-hydrogen) atoms. The van der Waals surface area contributed by atoms with Gasteiger partial charge in [0, 0.05) is 18.0 Å². The molecule has 4 aliphatic rings. The highest BCUT2D eigenvalue weighted by atomic mass is 16.5. The van der Waals surface area contributed by atoms with Crippen molar-refractivity contribution in [2.75, 3.05) is 5.32 Å². The summed E-state index contributed by atoms with van der Waals surface area (Å²) in [6.07, 6.45) is 14.4. The van der Waals surface area contributed by atoms with Crippen LogP contribution in [0.1, 0.15) is 85.0 Å². The molecule has 3 heteroatoms. The number of benzene rings is 1. The van der Waals surface area contributed by atoms with Crippen LogP contribution < -0.4 is 10.1 Å². The van der Waals surface area contributed by atoms with E-state index in [2.05, 4.69) is 19.2 Å². The number of fused-ring (bicyclic) bond motifs is 5. The van der Waals surface area contributed by atoms with Crippen LogP contribution in [0.4, 0.5) is 5.69 Å². The third kappa shape index (κ3) is 3.28. The molecule has 1 aromatic rings. The minimum Gasteiger partial charge on any atom is -0.490 e. The fraction of sp³-hybridized carbons (Fsp3) is 0.741. The Kier molecular flexibility index (Phi) is 5.14. The molecule has 1 N–H and O–H groups in total. The molecule has 3 nitrogen and oxygen atoms in total. The molecule has 1 amide bonds. The second kappa shape index (κ2) is 7.57. The van der Waals surface area contributed by atoms with Gasteiger partial charge in [-0.3, -0.25) is 4.79 Å². The number of carbonyl (C=O) groups is 1. The molecule has 164 valence electrons. The fourth-order valence-electron chi connectivity index (χ4n) is 8.43. The first-order valence-corrected chi connectivity index (χ1v) is 12.4. The van der Waals surface area contributed by atoms with Gasteiger partial charge in [-0.1, -0.05) is 26.7 Å². The second-order valence-electron chi connectivity index (χ2n) is 11.3. The number of hydrogen-bond donors (Lipinski definition) is 1. The molecule has 2 unspecified atom stereocenters. The predicted octanol–water partition coefficient (Wildman–Crippen LogP) is 6.83. The van der Waals surface area contributed by atoms with Crippen molar-refractivity contribution in [1.29, 1.82) is 0 Å². The maximum atomic E-state index is 11.3. The van der Waals surface area contributed by atoms with Gasteiger partial charge < -0.3 is 10.1 Å². The number of amides is 1. The van der Waals surface area contributed by atoms with Crippen molar-refractivity contribution in [2.45, 2.75) is 91.1 Å². The van der Waals surface area contributed by atoms with Crippen molar-refractivity contribution in [3.63, 3.8) is 0 Å². The number of anilines is 1. The maximum absolute atomic E-state index is 11.3. The zero-order chi connectivity index (χ0) is 20.9. The lowest BCUT2D eigenvalue weighted by Gasteiger charge is -2.60. The fourth-order valence-corrected chi connectivity index (χ4v) is 8.43. The van der Waals surface area contributed by atoms with E-state index < -0.39 is 0 Å². The van der Waals surface area contributed by atoms with Crippen LogP contribution in [0.3, 0.4) is 0 Å². The van der Waals surface area contributed by atoms with Crippen LogP contribution in [-0.4, -0.2) is 12.0 Å². The van der Waals surface area contributed by atoms with Gasteiger partial charge in [0.25, 0.3) is 0 Å². The van der Waals surface area contributed by atoms with Gasteiger partial charge in [-0.25, -0.2) is 0 Å². The Morgan fingerprint density at radius 2 is 1.67 bits per heavy atom. The first kappa shape index (κ1) is 20.4. The Balaban J connectivity index is 1.31. The van der Waals surface area contributed by atoms with E-state index >= 15 is 0 Å². The number of rotatable bonds is 3. The van der Waals surface area contributed by atoms with E-state index in [9.17, 15) is 4.79 Å². The summed E-state index contributed by atoms with van der Waals surface area (Å²) in [4.78, 5) is 11.3. The van der Waals surface area contributed by atoms with E-state index in [-0.39, 0.29) is 5.91 Å². The van der Waals surface area contributed by atoms with Gasteiger partial charge in [0.05, 0.1) is 0 Å². The monoisotopic (exact) mass is 409 g/mol. The largest absolute Gasteiger partial charge is 0.490 e. The standard InChI is InChI=1S/C27H39NO2/c1-18(29)28-20-8-10-21(11-9-20)30-25-14-13-23-22-12-7-19-6-4-5-16-26(19,2)24(22)15-17-27(23,25)3/h8-11,19,22-25H,4-7,12-17H2,1-3H3,(H,28,29)/t19?,22-,23-,24+,25?,26-,27-/m0/s1. The highest BCUT2D eigenvalue weighted by Crippen LogP contribution is 2.66. The zero-order valence-corrected chi connectivity index (χ0v) is 19.1. The lowest BCUT2D eigenvalue weighted by Crippen LogP contribution is -2.53. The van der Waals surface area contributed by atoms with Crippen molar-refractivity contribution >= 4 is 11.6 Å². The highest BCUT2D eigenvalue weighted by molar-refractivity contribution is 5.88. The summed E-state index contributed by atoms with van der Waals surface area (Å²) in [6, 6.07) is 7.94. The van der Waals surface area contributed by atoms with Crippen molar-refractivity contribution < 1.29 is 9.53 Å². The molecule has 4 fully saturated rings. The van der Waals surface area contributed by atoms with Crippen molar-refractivity contribution in [3.05, 3.63) is 24.3 Å². The van der Waals surface area contributed by atoms with Gasteiger partial charge in [0.1, 0.15) is 11.9 Å². The Morgan fingerprint density at radius 3 is 2.43 bits per heavy atom. The first-order chi connectivity index (χ1) is 14.4. The summed E-state index contributed by atoms with van der Waals surface area (Å²) < 4.78 is 6.61. The zero-order valence-electron chi connectivity index (χ0n) is 19.1. The van der Waals surface area contributed by atoms with Crippen molar-refractivity contribution in [1.82, 2.24) is 0 Å². The van der Waals surface area contributed by atoms with E-state index in [1.807, 2.05) is 24.3 Å². The van der Waals surface area contributed by atoms with E-state index in [1.54, 1.807) is 6.92 Å². The molecule has 0 aliphatic heterocycles. The number of nitrogens with one attached hydrogen (secondary N) is 1. The Hall–Kier alpha value is -1.51. The van der Waals surface area contributed by atoms with E-state index in [0.717, 1.165) is 35.1 Å². The third-order valence-electron chi connectivity index (χ3n) is 9.95. The van der Waals surface area contributed by atoms with Crippen molar-refractivity contribution in [2.24, 2.45) is 34.5 Å². The SMILES string of the molecule is CC(=O)Nc1ccc(OC2CC[C@H]3[C@@H]4CCC5CCCC[C@]5(C)[C@@H]4CC[C@]23C)cc1. The summed E-state index contributed by atoms with van der Waals surface area (Å²) in [5.41, 5.74) is 1.76. The summed E-state index contributed by atoms with van der Waals surface area (Å²) >= 11 is 0. The molecule has 0 bridgehead atoms. The summed E-state index contributed by atoms with van der Waals surface area (Å²) in [6.45, 7) is 6.74. The van der Waals surface area contributed by atoms with E-state index in [4.69, 9.17) is 4.74 Å². The normalized spacial score (nSPS) is 42.6. The lowest BCUT2D eigenvalue weighted by atomic mass is 9.45. The Morgan fingerprint density at radius 1 is 0.900 bits per heavy atom. The van der Waals surface area contributed by atoms with Crippen molar-refractivity contribution in [3.8, 4) is 5.75 Å². The second-order valence-corrected chi connectivity index (χ2v) is 11.3. The minimum atomic E-state index is -0.0343. The molecule has 0 saturated heterocycles. The number of hydrogen-bond acceptors (Lipinski definition) is 2. The van der Waals surface area contributed by atoms with Gasteiger partial charge in [-0.05, 0) is 105 Å². The van der Waals surface area contributed by atoms with Gasteiger partial charge in [-0.2, -0.15) is 0 Å². The molecule has 0 aromatic heterocycles. The molecule has 5 rings (SSSR count). The molecule has 1 aromatic carbocycles. The molecular weight excluding hydrogens is 370 g/mol. The van der Waals surface area contributed by atoms with Gasteiger partial charge >= 0.3 is 0 Å². The molecular formula is C27H39NO2. The third-order valence-corrected chi connectivity index (χ3v) is 9.95. The average Bonchev–Trinajstić information content (AvgIpc) is 3.05. The average molecular weight is 410 g/mol. The van der Waals surface area contributed by atoms with Crippen LogP contribution in [0.2, 0.25) is 0 Å². The number of carbonyl (C=O) groups excluding carboxylic acids is 1. The van der Waals surface area contributed by atoms with Crippen LogP contribution in [0, 0.1) is 34.5 Å². The Bertz CT molecular complexity index is 789. The lowest BCUT2D eigenvalue weighted by molar-refractivity contribution is -0.117. The summed E-state index contributed by atoms with van der Waals surface area (Å²) in [7, 11) is 0. The maximum Gasteiger partial charge on any atom is 0.221 e. The molecule has 7 atom stereocenters. The van der Waals surface area contributed by atoms with E-state index in [0.29, 0.717) is 16.9 Å².